The number of rotatable bonds is 8. The molecule has 0 atom stereocenters. The van der Waals surface area contributed by atoms with Gasteiger partial charge in [0.2, 0.25) is 0 Å². The highest BCUT2D eigenvalue weighted by atomic mass is 32.2. The fourth-order valence-electron chi connectivity index (χ4n) is 3.05. The van der Waals surface area contributed by atoms with Gasteiger partial charge in [-0.15, -0.1) is 0 Å². The van der Waals surface area contributed by atoms with Crippen LogP contribution in [0.25, 0.3) is 0 Å². The standard InChI is InChI=1S/C22H26N4O3S/c1-17-9-11-20(12-10-17)26(3)30(28,29)21-8-4-7-19(14-21)22(27)23-13-5-6-18-15-24-25(2)16-18/h4,7-12,14-16H,5-6,13H2,1-3H3,(H,23,27). The van der Waals surface area contributed by atoms with Crippen LogP contribution >= 0.6 is 0 Å². The summed E-state index contributed by atoms with van der Waals surface area (Å²) < 4.78 is 29.0. The van der Waals surface area contributed by atoms with Crippen molar-refractivity contribution in [3.63, 3.8) is 0 Å². The van der Waals surface area contributed by atoms with E-state index in [2.05, 4.69) is 10.4 Å². The molecule has 0 radical (unpaired) electrons. The number of carbonyl (C=O) groups excluding carboxylic acids is 1. The van der Waals surface area contributed by atoms with Crippen LogP contribution in [0.3, 0.4) is 0 Å². The minimum absolute atomic E-state index is 0.0774. The molecule has 0 saturated carbocycles. The molecule has 0 fully saturated rings. The highest BCUT2D eigenvalue weighted by molar-refractivity contribution is 7.92. The minimum Gasteiger partial charge on any atom is -0.352 e. The lowest BCUT2D eigenvalue weighted by molar-refractivity contribution is 0.0953. The van der Waals surface area contributed by atoms with E-state index < -0.39 is 10.0 Å². The molecule has 0 aliphatic rings. The molecule has 0 bridgehead atoms. The van der Waals surface area contributed by atoms with Crippen LogP contribution in [0.1, 0.15) is 27.9 Å². The first-order valence-electron chi connectivity index (χ1n) is 9.69. The maximum atomic E-state index is 13.0. The molecule has 2 aromatic carbocycles. The highest BCUT2D eigenvalue weighted by Gasteiger charge is 2.22. The quantitative estimate of drug-likeness (QED) is 0.562. The normalized spacial score (nSPS) is 11.3. The molecule has 1 heterocycles. The summed E-state index contributed by atoms with van der Waals surface area (Å²) in [6, 6.07) is 13.3. The zero-order chi connectivity index (χ0) is 21.7. The summed E-state index contributed by atoms with van der Waals surface area (Å²) in [4.78, 5) is 12.6. The SMILES string of the molecule is Cc1ccc(N(C)S(=O)(=O)c2cccc(C(=O)NCCCc3cnn(C)c3)c2)cc1. The fraction of sp³-hybridized carbons (Fsp3) is 0.273. The number of nitrogens with zero attached hydrogens (tertiary/aromatic N) is 3. The minimum atomic E-state index is -3.78. The fourth-order valence-corrected chi connectivity index (χ4v) is 4.29. The van der Waals surface area contributed by atoms with Crippen LogP contribution < -0.4 is 9.62 Å². The van der Waals surface area contributed by atoms with Gasteiger partial charge in [-0.05, 0) is 55.7 Å². The number of benzene rings is 2. The molecular weight excluding hydrogens is 400 g/mol. The number of aryl methyl sites for hydroxylation is 3. The van der Waals surface area contributed by atoms with Gasteiger partial charge in [0.15, 0.2) is 0 Å². The maximum Gasteiger partial charge on any atom is 0.264 e. The monoisotopic (exact) mass is 426 g/mol. The van der Waals surface area contributed by atoms with Crippen molar-refractivity contribution in [2.75, 3.05) is 17.9 Å². The molecule has 3 rings (SSSR count). The zero-order valence-electron chi connectivity index (χ0n) is 17.4. The van der Waals surface area contributed by atoms with Crippen molar-refractivity contribution in [3.05, 3.63) is 77.6 Å². The van der Waals surface area contributed by atoms with Crippen molar-refractivity contribution >= 4 is 21.6 Å². The first kappa shape index (κ1) is 21.6. The van der Waals surface area contributed by atoms with E-state index in [0.29, 0.717) is 17.8 Å². The predicted molar refractivity (Wildman–Crippen MR) is 117 cm³/mol. The molecule has 0 saturated heterocycles. The molecular formula is C22H26N4O3S. The Kier molecular flexibility index (Phi) is 6.56. The van der Waals surface area contributed by atoms with Gasteiger partial charge in [0, 0.05) is 32.4 Å². The van der Waals surface area contributed by atoms with E-state index >= 15 is 0 Å². The van der Waals surface area contributed by atoms with Gasteiger partial charge in [0.05, 0.1) is 16.8 Å². The van der Waals surface area contributed by atoms with Crippen LogP contribution in [0.2, 0.25) is 0 Å². The van der Waals surface area contributed by atoms with Crippen molar-refractivity contribution in [2.45, 2.75) is 24.7 Å². The third kappa shape index (κ3) is 5.07. The lowest BCUT2D eigenvalue weighted by Crippen LogP contribution is -2.28. The Hall–Kier alpha value is -3.13. The molecule has 0 spiro atoms. The first-order valence-corrected chi connectivity index (χ1v) is 11.1. The molecule has 1 amide bonds. The maximum absolute atomic E-state index is 13.0. The zero-order valence-corrected chi connectivity index (χ0v) is 18.2. The molecule has 1 aromatic heterocycles. The lowest BCUT2D eigenvalue weighted by atomic mass is 10.2. The summed E-state index contributed by atoms with van der Waals surface area (Å²) in [5.74, 6) is -0.295. The van der Waals surface area contributed by atoms with Gasteiger partial charge in [0.1, 0.15) is 0 Å². The van der Waals surface area contributed by atoms with Crippen molar-refractivity contribution < 1.29 is 13.2 Å². The van der Waals surface area contributed by atoms with E-state index in [4.69, 9.17) is 0 Å². The summed E-state index contributed by atoms with van der Waals surface area (Å²) in [6.45, 7) is 2.44. The third-order valence-electron chi connectivity index (χ3n) is 4.84. The van der Waals surface area contributed by atoms with E-state index in [9.17, 15) is 13.2 Å². The Morgan fingerprint density at radius 2 is 1.90 bits per heavy atom. The summed E-state index contributed by atoms with van der Waals surface area (Å²) in [7, 11) is -0.407. The van der Waals surface area contributed by atoms with E-state index in [1.807, 2.05) is 32.3 Å². The Bertz CT molecular complexity index is 1120. The average molecular weight is 427 g/mol. The summed E-state index contributed by atoms with van der Waals surface area (Å²) in [5.41, 5.74) is 3.03. The van der Waals surface area contributed by atoms with E-state index in [-0.39, 0.29) is 10.8 Å². The van der Waals surface area contributed by atoms with Gasteiger partial charge >= 0.3 is 0 Å². The van der Waals surface area contributed by atoms with E-state index in [0.717, 1.165) is 24.0 Å². The number of nitrogens with one attached hydrogen (secondary N) is 1. The van der Waals surface area contributed by atoms with Crippen LogP contribution in [0.5, 0.6) is 0 Å². The Morgan fingerprint density at radius 1 is 1.17 bits per heavy atom. The number of hydrogen-bond acceptors (Lipinski definition) is 4. The molecule has 30 heavy (non-hydrogen) atoms. The van der Waals surface area contributed by atoms with Crippen LogP contribution in [-0.4, -0.2) is 37.7 Å². The van der Waals surface area contributed by atoms with Gasteiger partial charge in [-0.25, -0.2) is 8.42 Å². The average Bonchev–Trinajstić information content (AvgIpc) is 3.16. The second-order valence-corrected chi connectivity index (χ2v) is 9.19. The number of carbonyl (C=O) groups is 1. The second kappa shape index (κ2) is 9.13. The topological polar surface area (TPSA) is 84.3 Å². The van der Waals surface area contributed by atoms with Gasteiger partial charge in [-0.2, -0.15) is 5.10 Å². The lowest BCUT2D eigenvalue weighted by Gasteiger charge is -2.20. The second-order valence-electron chi connectivity index (χ2n) is 7.22. The van der Waals surface area contributed by atoms with Crippen molar-refractivity contribution in [1.82, 2.24) is 15.1 Å². The molecule has 7 nitrogen and oxygen atoms in total. The third-order valence-corrected chi connectivity index (χ3v) is 6.62. The van der Waals surface area contributed by atoms with Crippen LogP contribution in [-0.2, 0) is 23.5 Å². The van der Waals surface area contributed by atoms with E-state index in [1.54, 1.807) is 35.1 Å². The Balaban J connectivity index is 1.65. The molecule has 158 valence electrons. The highest BCUT2D eigenvalue weighted by Crippen LogP contribution is 2.23. The van der Waals surface area contributed by atoms with Gasteiger partial charge in [0.25, 0.3) is 15.9 Å². The van der Waals surface area contributed by atoms with E-state index in [1.165, 1.54) is 23.5 Å². The van der Waals surface area contributed by atoms with Gasteiger partial charge in [-0.3, -0.25) is 13.8 Å². The number of aromatic nitrogens is 2. The van der Waals surface area contributed by atoms with Crippen LogP contribution in [0, 0.1) is 6.92 Å². The van der Waals surface area contributed by atoms with Gasteiger partial charge < -0.3 is 5.32 Å². The summed E-state index contributed by atoms with van der Waals surface area (Å²) >= 11 is 0. The number of anilines is 1. The molecule has 3 aromatic rings. The predicted octanol–water partition coefficient (Wildman–Crippen LogP) is 2.92. The molecule has 0 aliphatic carbocycles. The summed E-state index contributed by atoms with van der Waals surface area (Å²) in [6.07, 6.45) is 5.33. The Morgan fingerprint density at radius 3 is 2.57 bits per heavy atom. The van der Waals surface area contributed by atoms with Crippen molar-refractivity contribution in [2.24, 2.45) is 7.05 Å². The van der Waals surface area contributed by atoms with Crippen LogP contribution in [0.15, 0.2) is 65.8 Å². The molecule has 1 N–H and O–H groups in total. The van der Waals surface area contributed by atoms with Crippen molar-refractivity contribution in [1.29, 1.82) is 0 Å². The number of sulfonamides is 1. The number of amides is 1. The van der Waals surface area contributed by atoms with Crippen molar-refractivity contribution in [3.8, 4) is 0 Å². The number of hydrogen-bond donors (Lipinski definition) is 1. The van der Waals surface area contributed by atoms with Gasteiger partial charge in [-0.1, -0.05) is 23.8 Å². The van der Waals surface area contributed by atoms with Crippen LogP contribution in [0.4, 0.5) is 5.69 Å². The molecule has 0 unspecified atom stereocenters. The first-order chi connectivity index (χ1) is 14.3. The Labute approximate surface area is 177 Å². The largest absolute Gasteiger partial charge is 0.352 e. The molecule has 0 aliphatic heterocycles. The smallest absolute Gasteiger partial charge is 0.264 e. The molecule has 8 heteroatoms. The summed E-state index contributed by atoms with van der Waals surface area (Å²) in [5, 5.41) is 6.97.